The van der Waals surface area contributed by atoms with Crippen LogP contribution in [0.15, 0.2) is 29.3 Å². The topological polar surface area (TPSA) is 34.0 Å². The normalized spacial score (nSPS) is 10.1. The van der Waals surface area contributed by atoms with Gasteiger partial charge in [-0.05, 0) is 6.54 Å². The van der Waals surface area contributed by atoms with Crippen LogP contribution < -0.4 is 10.7 Å². The van der Waals surface area contributed by atoms with Crippen LogP contribution in [-0.4, -0.2) is 17.7 Å². The van der Waals surface area contributed by atoms with Crippen molar-refractivity contribution >= 4 is 0 Å². The fourth-order valence-electron chi connectivity index (χ4n) is 0.978. The number of nitrogens with zero attached hydrogens (tertiary/aromatic N) is 1. The molecule has 0 amide bonds. The first-order valence-electron chi connectivity index (χ1n) is 4.19. The Labute approximate surface area is 72.0 Å². The Hall–Kier alpha value is -1.09. The molecule has 0 spiro atoms. The number of aromatic nitrogens is 1. The molecule has 1 rings (SSSR count). The molecule has 1 heterocycles. The molecule has 1 aromatic rings. The summed E-state index contributed by atoms with van der Waals surface area (Å²) in [5.74, 6) is 0. The van der Waals surface area contributed by atoms with Crippen molar-refractivity contribution in [1.29, 1.82) is 0 Å². The quantitative estimate of drug-likeness (QED) is 0.659. The van der Waals surface area contributed by atoms with E-state index in [-0.39, 0.29) is 5.43 Å². The van der Waals surface area contributed by atoms with Gasteiger partial charge in [-0.1, -0.05) is 6.92 Å². The van der Waals surface area contributed by atoms with E-state index in [1.165, 1.54) is 0 Å². The molecule has 0 aliphatic heterocycles. The lowest BCUT2D eigenvalue weighted by Gasteiger charge is -2.04. The first kappa shape index (κ1) is 9.00. The summed E-state index contributed by atoms with van der Waals surface area (Å²) in [6.07, 6.45) is 3.61. The maximum absolute atomic E-state index is 10.7. The predicted molar refractivity (Wildman–Crippen MR) is 49.2 cm³/mol. The number of hydrogen-bond donors (Lipinski definition) is 1. The third kappa shape index (κ3) is 2.88. The Morgan fingerprint density at radius 2 is 2.08 bits per heavy atom. The number of nitrogens with one attached hydrogen (secondary N) is 1. The molecule has 1 N–H and O–H groups in total. The van der Waals surface area contributed by atoms with Crippen LogP contribution in [0, 0.1) is 0 Å². The van der Waals surface area contributed by atoms with Gasteiger partial charge >= 0.3 is 0 Å². The molecule has 0 saturated carbocycles. The molecule has 0 unspecified atom stereocenters. The van der Waals surface area contributed by atoms with Gasteiger partial charge in [0.1, 0.15) is 0 Å². The maximum atomic E-state index is 10.7. The van der Waals surface area contributed by atoms with Crippen LogP contribution in [0.4, 0.5) is 0 Å². The molecule has 12 heavy (non-hydrogen) atoms. The van der Waals surface area contributed by atoms with E-state index in [0.717, 1.165) is 19.6 Å². The van der Waals surface area contributed by atoms with E-state index in [2.05, 4.69) is 12.2 Å². The molecule has 3 heteroatoms. The Bertz CT molecular complexity index is 260. The summed E-state index contributed by atoms with van der Waals surface area (Å²) in [5, 5.41) is 3.21. The van der Waals surface area contributed by atoms with Gasteiger partial charge in [0.2, 0.25) is 0 Å². The van der Waals surface area contributed by atoms with Crippen molar-refractivity contribution in [3.05, 3.63) is 34.7 Å². The summed E-state index contributed by atoms with van der Waals surface area (Å²) in [7, 11) is 0. The highest BCUT2D eigenvalue weighted by atomic mass is 16.1. The molecule has 0 atom stereocenters. The zero-order valence-electron chi connectivity index (χ0n) is 7.29. The molecule has 0 aliphatic rings. The minimum Gasteiger partial charge on any atom is -0.353 e. The fourth-order valence-corrected chi connectivity index (χ4v) is 0.978. The van der Waals surface area contributed by atoms with Crippen LogP contribution in [-0.2, 0) is 6.54 Å². The maximum Gasteiger partial charge on any atom is 0.181 e. The Kier molecular flexibility index (Phi) is 3.54. The number of rotatable bonds is 4. The average Bonchev–Trinajstić information content (AvgIpc) is 2.09. The van der Waals surface area contributed by atoms with Gasteiger partial charge in [0.05, 0.1) is 0 Å². The van der Waals surface area contributed by atoms with Crippen molar-refractivity contribution in [2.24, 2.45) is 0 Å². The van der Waals surface area contributed by atoms with E-state index < -0.39 is 0 Å². The highest BCUT2D eigenvalue weighted by Crippen LogP contribution is 1.82. The monoisotopic (exact) mass is 166 g/mol. The van der Waals surface area contributed by atoms with Gasteiger partial charge < -0.3 is 9.88 Å². The molecule has 0 aliphatic carbocycles. The van der Waals surface area contributed by atoms with Crippen molar-refractivity contribution < 1.29 is 0 Å². The van der Waals surface area contributed by atoms with Gasteiger partial charge in [-0.15, -0.1) is 0 Å². The summed E-state index contributed by atoms with van der Waals surface area (Å²) in [4.78, 5) is 10.7. The molecular formula is C9H14N2O. The van der Waals surface area contributed by atoms with E-state index in [9.17, 15) is 4.79 Å². The van der Waals surface area contributed by atoms with E-state index in [1.54, 1.807) is 24.5 Å². The minimum atomic E-state index is 0.0645. The van der Waals surface area contributed by atoms with Crippen LogP contribution in [0.2, 0.25) is 0 Å². The smallest absolute Gasteiger partial charge is 0.181 e. The lowest BCUT2D eigenvalue weighted by molar-refractivity contribution is 0.610. The van der Waals surface area contributed by atoms with Gasteiger partial charge in [0.25, 0.3) is 0 Å². The van der Waals surface area contributed by atoms with Gasteiger partial charge in [0, 0.05) is 37.6 Å². The highest BCUT2D eigenvalue weighted by Gasteiger charge is 1.87. The van der Waals surface area contributed by atoms with Crippen LogP contribution in [0.5, 0.6) is 0 Å². The molecule has 0 aromatic carbocycles. The number of likely N-dealkylation sites (N-methyl/N-ethyl adjacent to an activating group) is 1. The summed E-state index contributed by atoms with van der Waals surface area (Å²) < 4.78 is 1.99. The summed E-state index contributed by atoms with van der Waals surface area (Å²) in [6, 6.07) is 3.15. The third-order valence-corrected chi connectivity index (χ3v) is 1.66. The van der Waals surface area contributed by atoms with E-state index in [4.69, 9.17) is 0 Å². The van der Waals surface area contributed by atoms with Gasteiger partial charge in [-0.3, -0.25) is 4.79 Å². The molecule has 1 aromatic heterocycles. The highest BCUT2D eigenvalue weighted by molar-refractivity contribution is 4.93. The minimum absolute atomic E-state index is 0.0645. The van der Waals surface area contributed by atoms with E-state index in [0.29, 0.717) is 0 Å². The van der Waals surface area contributed by atoms with E-state index in [1.807, 2.05) is 4.57 Å². The van der Waals surface area contributed by atoms with Crippen LogP contribution in [0.3, 0.4) is 0 Å². The first-order chi connectivity index (χ1) is 5.83. The average molecular weight is 166 g/mol. The Balaban J connectivity index is 2.42. The van der Waals surface area contributed by atoms with Crippen molar-refractivity contribution in [2.75, 3.05) is 13.1 Å². The van der Waals surface area contributed by atoms with Gasteiger partial charge in [-0.2, -0.15) is 0 Å². The molecule has 0 bridgehead atoms. The van der Waals surface area contributed by atoms with Crippen molar-refractivity contribution in [1.82, 2.24) is 9.88 Å². The molecule has 3 nitrogen and oxygen atoms in total. The lowest BCUT2D eigenvalue weighted by Crippen LogP contribution is -2.19. The van der Waals surface area contributed by atoms with Crippen molar-refractivity contribution in [2.45, 2.75) is 13.5 Å². The third-order valence-electron chi connectivity index (χ3n) is 1.66. The molecule has 0 saturated heterocycles. The zero-order chi connectivity index (χ0) is 8.81. The van der Waals surface area contributed by atoms with Crippen LogP contribution in [0.1, 0.15) is 6.92 Å². The second-order valence-electron chi connectivity index (χ2n) is 2.63. The van der Waals surface area contributed by atoms with Gasteiger partial charge in [0.15, 0.2) is 5.43 Å². The number of pyridine rings is 1. The molecule has 0 fully saturated rings. The largest absolute Gasteiger partial charge is 0.353 e. The Morgan fingerprint density at radius 1 is 1.42 bits per heavy atom. The summed E-state index contributed by atoms with van der Waals surface area (Å²) in [6.45, 7) is 4.92. The van der Waals surface area contributed by atoms with Crippen molar-refractivity contribution in [3.63, 3.8) is 0 Å². The first-order valence-corrected chi connectivity index (χ1v) is 4.19. The van der Waals surface area contributed by atoms with Crippen LogP contribution >= 0.6 is 0 Å². The second kappa shape index (κ2) is 4.72. The predicted octanol–water partition coefficient (Wildman–Crippen LogP) is 0.458. The van der Waals surface area contributed by atoms with Crippen molar-refractivity contribution in [3.8, 4) is 0 Å². The summed E-state index contributed by atoms with van der Waals surface area (Å²) >= 11 is 0. The zero-order valence-corrected chi connectivity index (χ0v) is 7.29. The standard InChI is InChI=1S/C9H14N2O/c1-2-10-5-8-11-6-3-9(12)4-7-11/h3-4,6-7,10H,2,5,8H2,1H3. The summed E-state index contributed by atoms with van der Waals surface area (Å²) in [5.41, 5.74) is 0.0645. The van der Waals surface area contributed by atoms with Crippen LogP contribution in [0.25, 0.3) is 0 Å². The molecular weight excluding hydrogens is 152 g/mol. The molecule has 66 valence electrons. The Morgan fingerprint density at radius 3 is 2.67 bits per heavy atom. The fraction of sp³-hybridized carbons (Fsp3) is 0.444. The molecule has 0 radical (unpaired) electrons. The number of hydrogen-bond acceptors (Lipinski definition) is 2. The second-order valence-corrected chi connectivity index (χ2v) is 2.63. The lowest BCUT2D eigenvalue weighted by atomic mass is 10.4. The van der Waals surface area contributed by atoms with Gasteiger partial charge in [-0.25, -0.2) is 0 Å². The van der Waals surface area contributed by atoms with E-state index >= 15 is 0 Å². The SMILES string of the molecule is CCNCCn1ccc(=O)cc1.